The fourth-order valence-electron chi connectivity index (χ4n) is 4.24. The molecule has 1 saturated carbocycles. The maximum atomic E-state index is 6.22. The maximum Gasteiger partial charge on any atom is 0.213 e. The molecule has 0 amide bonds. The minimum atomic E-state index is 0.166. The smallest absolute Gasteiger partial charge is 0.213 e. The Morgan fingerprint density at radius 3 is 2.59 bits per heavy atom. The Bertz CT molecular complexity index is 1010. The van der Waals surface area contributed by atoms with Gasteiger partial charge in [0.15, 0.2) is 5.82 Å². The Morgan fingerprint density at radius 2 is 1.79 bits per heavy atom. The summed E-state index contributed by atoms with van der Waals surface area (Å²) in [5, 5.41) is 13.8. The van der Waals surface area contributed by atoms with Crippen molar-refractivity contribution in [3.63, 3.8) is 0 Å². The van der Waals surface area contributed by atoms with Gasteiger partial charge >= 0.3 is 0 Å². The average molecular weight is 430 g/mol. The molecule has 1 aliphatic carbocycles. The van der Waals surface area contributed by atoms with Gasteiger partial charge in [0.1, 0.15) is 11.9 Å². The Hall–Kier alpha value is -2.15. The first-order valence-electron chi connectivity index (χ1n) is 9.89. The number of nitrogens with zero attached hydrogens (tertiary/aromatic N) is 4. The topological polar surface area (TPSA) is 64.9 Å². The van der Waals surface area contributed by atoms with E-state index in [2.05, 4.69) is 31.1 Å². The van der Waals surface area contributed by atoms with Crippen molar-refractivity contribution in [2.24, 2.45) is 0 Å². The molecule has 0 unspecified atom stereocenters. The minimum Gasteiger partial charge on any atom is -0.474 e. The number of benzene rings is 1. The molecule has 1 fully saturated rings. The molecule has 1 aliphatic heterocycles. The van der Waals surface area contributed by atoms with E-state index in [9.17, 15) is 0 Å². The summed E-state index contributed by atoms with van der Waals surface area (Å²) in [4.78, 5) is 4.24. The Morgan fingerprint density at radius 1 is 0.966 bits per heavy atom. The molecule has 2 aliphatic rings. The van der Waals surface area contributed by atoms with Crippen LogP contribution in [0.15, 0.2) is 36.5 Å². The quantitative estimate of drug-likeness (QED) is 0.654. The molecule has 8 heteroatoms. The molecule has 0 saturated heterocycles. The molecular formula is C21H21Cl2N5O. The van der Waals surface area contributed by atoms with Crippen molar-refractivity contribution in [1.29, 1.82) is 0 Å². The van der Waals surface area contributed by atoms with Crippen LogP contribution < -0.4 is 10.1 Å². The third-order valence-electron chi connectivity index (χ3n) is 5.66. The average Bonchev–Trinajstić information content (AvgIpc) is 3.06. The monoisotopic (exact) mass is 429 g/mol. The van der Waals surface area contributed by atoms with Crippen molar-refractivity contribution in [1.82, 2.24) is 25.1 Å². The summed E-state index contributed by atoms with van der Waals surface area (Å²) >= 11 is 12.1. The van der Waals surface area contributed by atoms with Crippen molar-refractivity contribution >= 4 is 23.2 Å². The van der Waals surface area contributed by atoms with E-state index in [0.717, 1.165) is 54.6 Å². The second kappa shape index (κ2) is 7.94. The molecule has 1 N–H and O–H groups in total. The first kappa shape index (κ1) is 18.9. The van der Waals surface area contributed by atoms with E-state index in [1.165, 1.54) is 5.56 Å². The van der Waals surface area contributed by atoms with E-state index < -0.39 is 0 Å². The van der Waals surface area contributed by atoms with Gasteiger partial charge in [-0.15, -0.1) is 10.2 Å². The Balaban J connectivity index is 1.34. The Kier molecular flexibility index (Phi) is 5.16. The molecule has 3 heterocycles. The summed E-state index contributed by atoms with van der Waals surface area (Å²) in [6.07, 6.45) is 5.72. The number of halogens is 2. The number of rotatable bonds is 3. The zero-order valence-corrected chi connectivity index (χ0v) is 17.3. The van der Waals surface area contributed by atoms with Crippen molar-refractivity contribution in [3.05, 3.63) is 63.8 Å². The molecule has 0 radical (unpaired) electrons. The number of hydrogen-bond donors (Lipinski definition) is 1. The summed E-state index contributed by atoms with van der Waals surface area (Å²) in [5.74, 6) is 2.97. The Labute approximate surface area is 179 Å². The van der Waals surface area contributed by atoms with Crippen molar-refractivity contribution < 1.29 is 4.74 Å². The van der Waals surface area contributed by atoms with Crippen molar-refractivity contribution in [2.75, 3.05) is 0 Å². The summed E-state index contributed by atoms with van der Waals surface area (Å²) in [6.45, 7) is 1.47. The summed E-state index contributed by atoms with van der Waals surface area (Å²) in [7, 11) is 0. The van der Waals surface area contributed by atoms with E-state index in [1.807, 2.05) is 18.2 Å². The predicted octanol–water partition coefficient (Wildman–Crippen LogP) is 4.68. The van der Waals surface area contributed by atoms with E-state index in [-0.39, 0.29) is 6.10 Å². The largest absolute Gasteiger partial charge is 0.474 e. The third kappa shape index (κ3) is 3.84. The van der Waals surface area contributed by atoms with Crippen LogP contribution in [-0.2, 0) is 13.1 Å². The third-order valence-corrected chi connectivity index (χ3v) is 6.12. The van der Waals surface area contributed by atoms with Gasteiger partial charge < -0.3 is 10.1 Å². The number of pyridine rings is 1. The number of nitrogens with one attached hydrogen (secondary N) is 1. The zero-order chi connectivity index (χ0) is 19.8. The van der Waals surface area contributed by atoms with E-state index in [0.29, 0.717) is 23.4 Å². The SMILES string of the molecule is Clc1ccc(OC2CCC(c3nnc4n3-c3ccc(Cl)cc3CNC4)CC2)nc1. The summed E-state index contributed by atoms with van der Waals surface area (Å²) in [6, 6.07) is 9.65. The molecule has 5 rings (SSSR count). The summed E-state index contributed by atoms with van der Waals surface area (Å²) < 4.78 is 8.26. The van der Waals surface area contributed by atoms with E-state index in [4.69, 9.17) is 27.9 Å². The highest BCUT2D eigenvalue weighted by Crippen LogP contribution is 2.36. The van der Waals surface area contributed by atoms with Gasteiger partial charge in [0, 0.05) is 29.7 Å². The fraction of sp³-hybridized carbons (Fsp3) is 0.381. The van der Waals surface area contributed by atoms with Gasteiger partial charge in [-0.25, -0.2) is 4.98 Å². The number of hydrogen-bond acceptors (Lipinski definition) is 5. The first-order chi connectivity index (χ1) is 14.2. The van der Waals surface area contributed by atoms with Crippen LogP contribution in [0.25, 0.3) is 5.69 Å². The van der Waals surface area contributed by atoms with Crippen molar-refractivity contribution in [3.8, 4) is 11.6 Å². The highest BCUT2D eigenvalue weighted by Gasteiger charge is 2.30. The van der Waals surface area contributed by atoms with E-state index in [1.54, 1.807) is 12.3 Å². The lowest BCUT2D eigenvalue weighted by molar-refractivity contribution is 0.139. The zero-order valence-electron chi connectivity index (χ0n) is 15.8. The van der Waals surface area contributed by atoms with Gasteiger partial charge in [-0.3, -0.25) is 4.57 Å². The lowest BCUT2D eigenvalue weighted by Crippen LogP contribution is -2.25. The van der Waals surface area contributed by atoms with Crippen LogP contribution in [0.5, 0.6) is 5.88 Å². The normalized spacial score (nSPS) is 21.2. The van der Waals surface area contributed by atoms with Gasteiger partial charge in [-0.05, 0) is 55.5 Å². The number of ether oxygens (including phenoxy) is 1. The highest BCUT2D eigenvalue weighted by atomic mass is 35.5. The maximum absolute atomic E-state index is 6.22. The molecule has 0 atom stereocenters. The lowest BCUT2D eigenvalue weighted by Gasteiger charge is -2.28. The minimum absolute atomic E-state index is 0.166. The lowest BCUT2D eigenvalue weighted by atomic mass is 9.86. The highest BCUT2D eigenvalue weighted by molar-refractivity contribution is 6.30. The second-order valence-electron chi connectivity index (χ2n) is 7.59. The number of fused-ring (bicyclic) bond motifs is 3. The van der Waals surface area contributed by atoms with Crippen LogP contribution in [0.2, 0.25) is 10.0 Å². The molecule has 150 valence electrons. The predicted molar refractivity (Wildman–Crippen MR) is 112 cm³/mol. The molecule has 2 aromatic heterocycles. The van der Waals surface area contributed by atoms with Crippen LogP contribution in [0.1, 0.15) is 48.8 Å². The molecule has 29 heavy (non-hydrogen) atoms. The van der Waals surface area contributed by atoms with E-state index >= 15 is 0 Å². The standard InChI is InChI=1S/C21H21Cl2N5O/c22-15-3-7-18-14(9-15)10-24-12-19-26-27-21(28(18)19)13-1-5-17(6-2-13)29-20-8-4-16(23)11-25-20/h3-4,7-9,11,13,17,24H,1-2,5-6,10,12H2. The van der Waals surface area contributed by atoms with Gasteiger partial charge in [0.05, 0.1) is 17.3 Å². The van der Waals surface area contributed by atoms with Crippen LogP contribution in [-0.4, -0.2) is 25.9 Å². The van der Waals surface area contributed by atoms with Gasteiger partial charge in [0.25, 0.3) is 0 Å². The van der Waals surface area contributed by atoms with Gasteiger partial charge in [-0.1, -0.05) is 23.2 Å². The van der Waals surface area contributed by atoms with Crippen LogP contribution in [0.3, 0.4) is 0 Å². The molecule has 6 nitrogen and oxygen atoms in total. The molecule has 3 aromatic rings. The molecule has 1 aromatic carbocycles. The van der Waals surface area contributed by atoms with Crippen LogP contribution >= 0.6 is 23.2 Å². The second-order valence-corrected chi connectivity index (χ2v) is 8.47. The number of aromatic nitrogens is 4. The molecular weight excluding hydrogens is 409 g/mol. The van der Waals surface area contributed by atoms with Gasteiger partial charge in [-0.2, -0.15) is 0 Å². The first-order valence-corrected chi connectivity index (χ1v) is 10.6. The van der Waals surface area contributed by atoms with Crippen molar-refractivity contribution in [2.45, 2.75) is 50.8 Å². The summed E-state index contributed by atoms with van der Waals surface area (Å²) in [5.41, 5.74) is 2.29. The molecule has 0 spiro atoms. The fourth-order valence-corrected chi connectivity index (χ4v) is 4.54. The van der Waals surface area contributed by atoms with Crippen LogP contribution in [0.4, 0.5) is 0 Å². The van der Waals surface area contributed by atoms with Crippen LogP contribution in [0, 0.1) is 0 Å². The molecule has 0 bridgehead atoms. The van der Waals surface area contributed by atoms with Gasteiger partial charge in [0.2, 0.25) is 5.88 Å².